The summed E-state index contributed by atoms with van der Waals surface area (Å²) in [6, 6.07) is 0. The minimum Gasteiger partial charge on any atom is -0.381 e. The van der Waals surface area contributed by atoms with E-state index < -0.39 is 12.1 Å². The fourth-order valence-electron chi connectivity index (χ4n) is 1.23. The summed E-state index contributed by atoms with van der Waals surface area (Å²) >= 11 is 0. The molecule has 2 N–H and O–H groups in total. The zero-order chi connectivity index (χ0) is 8.27. The summed E-state index contributed by atoms with van der Waals surface area (Å²) in [5.74, 6) is -1.19. The lowest BCUT2D eigenvalue weighted by atomic mass is 9.97. The standard InChI is InChI=1S/C7H12FNO2/c8-6(7(9)10)5-2-1-3-11-4-5/h5-6H,1-4H2,(H2,9,10). The normalized spacial score (nSPS) is 27.9. The first-order valence-electron chi connectivity index (χ1n) is 3.73. The van der Waals surface area contributed by atoms with Crippen LogP contribution in [0.1, 0.15) is 12.8 Å². The van der Waals surface area contributed by atoms with Gasteiger partial charge in [0.2, 0.25) is 0 Å². The van der Waals surface area contributed by atoms with Crippen molar-refractivity contribution in [3.8, 4) is 0 Å². The van der Waals surface area contributed by atoms with Crippen LogP contribution in [0.2, 0.25) is 0 Å². The molecule has 1 fully saturated rings. The van der Waals surface area contributed by atoms with Gasteiger partial charge in [0.1, 0.15) is 0 Å². The van der Waals surface area contributed by atoms with Crippen LogP contribution in [0.5, 0.6) is 0 Å². The van der Waals surface area contributed by atoms with Crippen molar-refractivity contribution in [1.82, 2.24) is 0 Å². The van der Waals surface area contributed by atoms with Gasteiger partial charge in [-0.1, -0.05) is 0 Å². The van der Waals surface area contributed by atoms with Crippen LogP contribution in [-0.4, -0.2) is 25.3 Å². The van der Waals surface area contributed by atoms with Gasteiger partial charge in [0.25, 0.3) is 5.91 Å². The first-order chi connectivity index (χ1) is 5.22. The molecule has 2 unspecified atom stereocenters. The molecule has 4 heteroatoms. The molecule has 3 nitrogen and oxygen atoms in total. The molecule has 2 atom stereocenters. The number of carbonyl (C=O) groups excluding carboxylic acids is 1. The van der Waals surface area contributed by atoms with Crippen molar-refractivity contribution >= 4 is 5.91 Å². The first kappa shape index (κ1) is 8.46. The molecule has 0 bridgehead atoms. The van der Waals surface area contributed by atoms with Crippen molar-refractivity contribution in [2.24, 2.45) is 11.7 Å². The number of halogens is 1. The largest absolute Gasteiger partial charge is 0.381 e. The van der Waals surface area contributed by atoms with E-state index in [9.17, 15) is 9.18 Å². The van der Waals surface area contributed by atoms with E-state index in [2.05, 4.69) is 0 Å². The molecule has 0 aromatic rings. The Morgan fingerprint density at radius 3 is 2.91 bits per heavy atom. The summed E-state index contributed by atoms with van der Waals surface area (Å²) in [7, 11) is 0. The molecule has 1 rings (SSSR count). The van der Waals surface area contributed by atoms with Crippen LogP contribution < -0.4 is 5.73 Å². The van der Waals surface area contributed by atoms with E-state index in [1.165, 1.54) is 0 Å². The van der Waals surface area contributed by atoms with Gasteiger partial charge in [-0.05, 0) is 12.8 Å². The maximum Gasteiger partial charge on any atom is 0.252 e. The molecule has 1 amide bonds. The Morgan fingerprint density at radius 1 is 1.73 bits per heavy atom. The smallest absolute Gasteiger partial charge is 0.252 e. The van der Waals surface area contributed by atoms with Crippen LogP contribution in [0.15, 0.2) is 0 Å². The number of carbonyl (C=O) groups is 1. The topological polar surface area (TPSA) is 52.3 Å². The summed E-state index contributed by atoms with van der Waals surface area (Å²) in [5, 5.41) is 0. The Bertz CT molecular complexity index is 145. The van der Waals surface area contributed by atoms with Gasteiger partial charge in [-0.2, -0.15) is 0 Å². The van der Waals surface area contributed by atoms with E-state index in [-0.39, 0.29) is 5.92 Å². The maximum absolute atomic E-state index is 12.9. The van der Waals surface area contributed by atoms with Gasteiger partial charge in [-0.25, -0.2) is 4.39 Å². The van der Waals surface area contributed by atoms with Gasteiger partial charge in [0, 0.05) is 12.5 Å². The number of hydrogen-bond donors (Lipinski definition) is 1. The highest BCUT2D eigenvalue weighted by Crippen LogP contribution is 2.19. The quantitative estimate of drug-likeness (QED) is 0.630. The lowest BCUT2D eigenvalue weighted by Gasteiger charge is -2.23. The average molecular weight is 161 g/mol. The molecule has 1 heterocycles. The summed E-state index contributed by atoms with van der Waals surface area (Å²) in [6.45, 7) is 0.992. The Hall–Kier alpha value is -0.640. The number of rotatable bonds is 2. The molecule has 64 valence electrons. The second kappa shape index (κ2) is 3.67. The molecular formula is C7H12FNO2. The third-order valence-corrected chi connectivity index (χ3v) is 1.88. The molecule has 1 aliphatic rings. The molecule has 1 saturated heterocycles. The second-order valence-electron chi connectivity index (χ2n) is 2.78. The molecular weight excluding hydrogens is 149 g/mol. The fourth-order valence-corrected chi connectivity index (χ4v) is 1.23. The van der Waals surface area contributed by atoms with Crippen molar-refractivity contribution in [1.29, 1.82) is 0 Å². The van der Waals surface area contributed by atoms with Gasteiger partial charge in [0.05, 0.1) is 6.61 Å². The van der Waals surface area contributed by atoms with E-state index >= 15 is 0 Å². The molecule has 0 spiro atoms. The number of primary amides is 1. The molecule has 0 aromatic heterocycles. The number of alkyl halides is 1. The maximum atomic E-state index is 12.9. The summed E-state index contributed by atoms with van der Waals surface area (Å²) in [5.41, 5.74) is 4.80. The van der Waals surface area contributed by atoms with Gasteiger partial charge in [0.15, 0.2) is 6.17 Å². The zero-order valence-electron chi connectivity index (χ0n) is 6.25. The van der Waals surface area contributed by atoms with Gasteiger partial charge in [-0.3, -0.25) is 4.79 Å². The van der Waals surface area contributed by atoms with E-state index in [0.717, 1.165) is 6.42 Å². The third-order valence-electron chi connectivity index (χ3n) is 1.88. The fraction of sp³-hybridized carbons (Fsp3) is 0.857. The Kier molecular flexibility index (Phi) is 2.82. The summed E-state index contributed by atoms with van der Waals surface area (Å²) in [6.07, 6.45) is -0.0158. The molecule has 0 radical (unpaired) electrons. The van der Waals surface area contributed by atoms with Gasteiger partial charge < -0.3 is 10.5 Å². The van der Waals surface area contributed by atoms with Crippen LogP contribution >= 0.6 is 0 Å². The van der Waals surface area contributed by atoms with Crippen molar-refractivity contribution in [3.05, 3.63) is 0 Å². The third kappa shape index (κ3) is 2.15. The zero-order valence-corrected chi connectivity index (χ0v) is 6.25. The monoisotopic (exact) mass is 161 g/mol. The van der Waals surface area contributed by atoms with Gasteiger partial charge in [-0.15, -0.1) is 0 Å². The number of ether oxygens (including phenoxy) is 1. The van der Waals surface area contributed by atoms with Crippen molar-refractivity contribution in [2.75, 3.05) is 13.2 Å². The van der Waals surface area contributed by atoms with Gasteiger partial charge >= 0.3 is 0 Å². The summed E-state index contributed by atoms with van der Waals surface area (Å²) < 4.78 is 17.9. The van der Waals surface area contributed by atoms with Crippen LogP contribution in [0.3, 0.4) is 0 Å². The van der Waals surface area contributed by atoms with Crippen LogP contribution in [0.25, 0.3) is 0 Å². The lowest BCUT2D eigenvalue weighted by molar-refractivity contribution is -0.126. The lowest BCUT2D eigenvalue weighted by Crippen LogP contribution is -2.36. The Labute approximate surface area is 64.7 Å². The predicted molar refractivity (Wildman–Crippen MR) is 37.6 cm³/mol. The number of hydrogen-bond acceptors (Lipinski definition) is 2. The van der Waals surface area contributed by atoms with E-state index in [0.29, 0.717) is 19.6 Å². The van der Waals surface area contributed by atoms with Crippen LogP contribution in [0, 0.1) is 5.92 Å². The highest BCUT2D eigenvalue weighted by molar-refractivity contribution is 5.79. The predicted octanol–water partition coefficient (Wildman–Crippen LogP) is 0.236. The average Bonchev–Trinajstić information content (AvgIpc) is 2.05. The molecule has 1 aliphatic heterocycles. The highest BCUT2D eigenvalue weighted by atomic mass is 19.1. The number of amides is 1. The SMILES string of the molecule is NC(=O)C(F)C1CCCOC1. The number of nitrogens with two attached hydrogens (primary N) is 1. The first-order valence-corrected chi connectivity index (χ1v) is 3.73. The van der Waals surface area contributed by atoms with E-state index in [4.69, 9.17) is 10.5 Å². The molecule has 0 aromatic carbocycles. The minimum absolute atomic E-state index is 0.318. The van der Waals surface area contributed by atoms with E-state index in [1.54, 1.807) is 0 Å². The van der Waals surface area contributed by atoms with Crippen molar-refractivity contribution < 1.29 is 13.9 Å². The second-order valence-corrected chi connectivity index (χ2v) is 2.78. The Morgan fingerprint density at radius 2 is 2.45 bits per heavy atom. The van der Waals surface area contributed by atoms with Crippen LogP contribution in [-0.2, 0) is 9.53 Å². The summed E-state index contributed by atoms with van der Waals surface area (Å²) in [4.78, 5) is 10.4. The molecule has 11 heavy (non-hydrogen) atoms. The van der Waals surface area contributed by atoms with E-state index in [1.807, 2.05) is 0 Å². The molecule has 0 aliphatic carbocycles. The minimum atomic E-state index is -1.53. The van der Waals surface area contributed by atoms with Crippen molar-refractivity contribution in [3.63, 3.8) is 0 Å². The van der Waals surface area contributed by atoms with Crippen LogP contribution in [0.4, 0.5) is 4.39 Å². The van der Waals surface area contributed by atoms with Crippen molar-refractivity contribution in [2.45, 2.75) is 19.0 Å². The highest BCUT2D eigenvalue weighted by Gasteiger charge is 2.27. The Balaban J connectivity index is 2.38. The molecule has 0 saturated carbocycles.